The van der Waals surface area contributed by atoms with Crippen LogP contribution in [0, 0.1) is 0 Å². The Balaban J connectivity index is 1.56. The largest absolute Gasteiger partial charge is 0.416 e. The van der Waals surface area contributed by atoms with Crippen molar-refractivity contribution >= 4 is 17.5 Å². The monoisotopic (exact) mass is 418 g/mol. The first-order valence-electron chi connectivity index (χ1n) is 9.79. The summed E-state index contributed by atoms with van der Waals surface area (Å²) in [4.78, 5) is 28.3. The minimum absolute atomic E-state index is 0.0224. The maximum atomic E-state index is 12.8. The first-order valence-corrected chi connectivity index (χ1v) is 9.79. The lowest BCUT2D eigenvalue weighted by atomic mass is 9.95. The molecule has 2 aromatic rings. The molecule has 0 bridgehead atoms. The van der Waals surface area contributed by atoms with E-state index in [9.17, 15) is 22.8 Å². The molecule has 0 atom stereocenters. The van der Waals surface area contributed by atoms with Crippen LogP contribution in [0.4, 0.5) is 18.9 Å². The number of hydrogen-bond acceptors (Lipinski definition) is 3. The Labute approximate surface area is 172 Å². The van der Waals surface area contributed by atoms with Crippen molar-refractivity contribution in [2.45, 2.75) is 19.0 Å². The molecular formula is C22H21F3N2O3. The normalized spacial score (nSPS) is 17.1. The molecule has 2 aliphatic heterocycles. The number of anilines is 1. The molecular weight excluding hydrogens is 397 g/mol. The zero-order valence-corrected chi connectivity index (χ0v) is 16.2. The highest BCUT2D eigenvalue weighted by atomic mass is 19.4. The van der Waals surface area contributed by atoms with Crippen LogP contribution >= 0.6 is 0 Å². The number of rotatable bonds is 3. The zero-order valence-electron chi connectivity index (χ0n) is 16.2. The van der Waals surface area contributed by atoms with E-state index in [2.05, 4.69) is 0 Å². The van der Waals surface area contributed by atoms with Crippen LogP contribution in [-0.2, 0) is 26.9 Å². The highest BCUT2D eigenvalue weighted by Gasteiger charge is 2.31. The zero-order chi connectivity index (χ0) is 21.3. The quantitative estimate of drug-likeness (QED) is 0.767. The number of aryl methyl sites for hydroxylation is 1. The molecule has 2 heterocycles. The number of alkyl halides is 3. The molecule has 1 saturated heterocycles. The third kappa shape index (κ3) is 4.18. The molecule has 0 aromatic heterocycles. The van der Waals surface area contributed by atoms with Gasteiger partial charge in [0.2, 0.25) is 11.8 Å². The third-order valence-corrected chi connectivity index (χ3v) is 5.48. The lowest BCUT2D eigenvalue weighted by Crippen LogP contribution is -2.48. The molecule has 30 heavy (non-hydrogen) atoms. The third-order valence-electron chi connectivity index (χ3n) is 5.48. The number of nitrogens with zero attached hydrogens (tertiary/aromatic N) is 2. The van der Waals surface area contributed by atoms with E-state index in [4.69, 9.17) is 4.74 Å². The first-order chi connectivity index (χ1) is 14.3. The predicted molar refractivity (Wildman–Crippen MR) is 105 cm³/mol. The standard InChI is InChI=1S/C22H21F3N2O3/c23-22(24,25)18-5-1-15(2-6-18)16-3-7-19-17(13-16)4-8-20(28)27(19)14-21(29)26-9-11-30-12-10-26/h1-3,5-7,13H,4,8-12,14H2. The van der Waals surface area contributed by atoms with Gasteiger partial charge in [-0.25, -0.2) is 0 Å². The molecule has 0 saturated carbocycles. The molecule has 0 radical (unpaired) electrons. The minimum atomic E-state index is -4.37. The Kier molecular flexibility index (Phi) is 5.51. The average molecular weight is 418 g/mol. The first kappa shape index (κ1) is 20.4. The number of ether oxygens (including phenoxy) is 1. The summed E-state index contributed by atoms with van der Waals surface area (Å²) >= 11 is 0. The SMILES string of the molecule is O=C(CN1C(=O)CCc2cc(-c3ccc(C(F)(F)F)cc3)ccc21)N1CCOCC1. The van der Waals surface area contributed by atoms with E-state index in [1.165, 1.54) is 17.0 Å². The maximum Gasteiger partial charge on any atom is 0.416 e. The number of carbonyl (C=O) groups is 2. The topological polar surface area (TPSA) is 49.9 Å². The number of morpholine rings is 1. The summed E-state index contributed by atoms with van der Waals surface area (Å²) in [5, 5.41) is 0. The Hall–Kier alpha value is -2.87. The van der Waals surface area contributed by atoms with Gasteiger partial charge in [-0.2, -0.15) is 13.2 Å². The average Bonchev–Trinajstić information content (AvgIpc) is 2.75. The summed E-state index contributed by atoms with van der Waals surface area (Å²) in [5.74, 6) is -0.224. The number of hydrogen-bond donors (Lipinski definition) is 0. The van der Waals surface area contributed by atoms with Gasteiger partial charge in [0, 0.05) is 25.2 Å². The number of carbonyl (C=O) groups excluding carboxylic acids is 2. The molecule has 158 valence electrons. The summed E-state index contributed by atoms with van der Waals surface area (Å²) in [6, 6.07) is 10.4. The van der Waals surface area contributed by atoms with E-state index in [0.29, 0.717) is 50.4 Å². The van der Waals surface area contributed by atoms with Gasteiger partial charge in [0.15, 0.2) is 0 Å². The van der Waals surface area contributed by atoms with Crippen molar-refractivity contribution in [2.75, 3.05) is 37.7 Å². The maximum absolute atomic E-state index is 12.8. The summed E-state index contributed by atoms with van der Waals surface area (Å²) in [7, 11) is 0. The fourth-order valence-electron chi connectivity index (χ4n) is 3.81. The van der Waals surface area contributed by atoms with Gasteiger partial charge in [-0.15, -0.1) is 0 Å². The minimum Gasteiger partial charge on any atom is -0.378 e. The summed E-state index contributed by atoms with van der Waals surface area (Å²) in [6.45, 7) is 1.99. The van der Waals surface area contributed by atoms with E-state index < -0.39 is 11.7 Å². The Morgan fingerprint density at radius 3 is 2.30 bits per heavy atom. The van der Waals surface area contributed by atoms with Gasteiger partial charge in [-0.3, -0.25) is 9.59 Å². The van der Waals surface area contributed by atoms with Gasteiger partial charge in [0.05, 0.1) is 18.8 Å². The van der Waals surface area contributed by atoms with Crippen LogP contribution in [0.2, 0.25) is 0 Å². The highest BCUT2D eigenvalue weighted by molar-refractivity contribution is 6.01. The fraction of sp³-hybridized carbons (Fsp3) is 0.364. The van der Waals surface area contributed by atoms with Gasteiger partial charge in [-0.05, 0) is 47.4 Å². The van der Waals surface area contributed by atoms with E-state index in [1.807, 2.05) is 6.07 Å². The summed E-state index contributed by atoms with van der Waals surface area (Å²) < 4.78 is 43.6. The molecule has 0 unspecified atom stereocenters. The van der Waals surface area contributed by atoms with E-state index in [-0.39, 0.29) is 18.4 Å². The second-order valence-electron chi connectivity index (χ2n) is 7.39. The number of amides is 2. The van der Waals surface area contributed by atoms with Crippen LogP contribution in [0.25, 0.3) is 11.1 Å². The smallest absolute Gasteiger partial charge is 0.378 e. The van der Waals surface area contributed by atoms with Crippen molar-refractivity contribution < 1.29 is 27.5 Å². The molecule has 0 aliphatic carbocycles. The van der Waals surface area contributed by atoms with Gasteiger partial charge in [-0.1, -0.05) is 18.2 Å². The Bertz CT molecular complexity index is 951. The van der Waals surface area contributed by atoms with Crippen molar-refractivity contribution in [3.05, 3.63) is 53.6 Å². The fourth-order valence-corrected chi connectivity index (χ4v) is 3.81. The second kappa shape index (κ2) is 8.10. The second-order valence-corrected chi connectivity index (χ2v) is 7.39. The molecule has 0 spiro atoms. The number of fused-ring (bicyclic) bond motifs is 1. The van der Waals surface area contributed by atoms with Gasteiger partial charge in [0.1, 0.15) is 6.54 Å². The molecule has 2 aliphatic rings. The van der Waals surface area contributed by atoms with Crippen LogP contribution in [0.5, 0.6) is 0 Å². The van der Waals surface area contributed by atoms with Crippen molar-refractivity contribution in [3.63, 3.8) is 0 Å². The molecule has 5 nitrogen and oxygen atoms in total. The van der Waals surface area contributed by atoms with Crippen LogP contribution in [-0.4, -0.2) is 49.6 Å². The molecule has 8 heteroatoms. The van der Waals surface area contributed by atoms with E-state index in [0.717, 1.165) is 23.3 Å². The number of benzene rings is 2. The highest BCUT2D eigenvalue weighted by Crippen LogP contribution is 2.34. The van der Waals surface area contributed by atoms with Crippen molar-refractivity contribution in [2.24, 2.45) is 0 Å². The van der Waals surface area contributed by atoms with Crippen LogP contribution in [0.1, 0.15) is 17.5 Å². The predicted octanol–water partition coefficient (Wildman–Crippen LogP) is 3.51. The van der Waals surface area contributed by atoms with Crippen LogP contribution < -0.4 is 4.90 Å². The van der Waals surface area contributed by atoms with Gasteiger partial charge in [0.25, 0.3) is 0 Å². The van der Waals surface area contributed by atoms with Crippen LogP contribution in [0.3, 0.4) is 0 Å². The van der Waals surface area contributed by atoms with Crippen molar-refractivity contribution in [1.82, 2.24) is 4.90 Å². The molecule has 1 fully saturated rings. The van der Waals surface area contributed by atoms with Gasteiger partial charge < -0.3 is 14.5 Å². The van der Waals surface area contributed by atoms with E-state index >= 15 is 0 Å². The summed E-state index contributed by atoms with van der Waals surface area (Å²) in [6.07, 6.45) is -3.55. The van der Waals surface area contributed by atoms with Crippen LogP contribution in [0.15, 0.2) is 42.5 Å². The Morgan fingerprint density at radius 2 is 1.63 bits per heavy atom. The summed E-state index contributed by atoms with van der Waals surface area (Å²) in [5.41, 5.74) is 2.34. The lowest BCUT2D eigenvalue weighted by molar-refractivity contribution is -0.137. The molecule has 4 rings (SSSR count). The van der Waals surface area contributed by atoms with Gasteiger partial charge >= 0.3 is 6.18 Å². The lowest BCUT2D eigenvalue weighted by Gasteiger charge is -2.33. The van der Waals surface area contributed by atoms with E-state index in [1.54, 1.807) is 17.0 Å². The molecule has 2 aromatic carbocycles. The molecule has 2 amide bonds. The van der Waals surface area contributed by atoms with Crippen molar-refractivity contribution in [1.29, 1.82) is 0 Å². The Morgan fingerprint density at radius 1 is 0.967 bits per heavy atom. The number of halogens is 3. The molecule has 0 N–H and O–H groups in total. The van der Waals surface area contributed by atoms with Crippen molar-refractivity contribution in [3.8, 4) is 11.1 Å².